The third-order valence-electron chi connectivity index (χ3n) is 3.53. The van der Waals surface area contributed by atoms with Gasteiger partial charge in [0, 0.05) is 11.8 Å². The molecule has 1 unspecified atom stereocenters. The lowest BCUT2D eigenvalue weighted by Crippen LogP contribution is -2.30. The van der Waals surface area contributed by atoms with E-state index in [0.717, 1.165) is 28.5 Å². The summed E-state index contributed by atoms with van der Waals surface area (Å²) < 4.78 is 7.50. The van der Waals surface area contributed by atoms with E-state index in [1.807, 2.05) is 61.0 Å². The molecule has 3 N–H and O–H groups in total. The number of nitrogens with one attached hydrogen (secondary N) is 1. The van der Waals surface area contributed by atoms with Gasteiger partial charge in [-0.2, -0.15) is 5.10 Å². The van der Waals surface area contributed by atoms with Crippen molar-refractivity contribution in [2.45, 2.75) is 19.9 Å². The van der Waals surface area contributed by atoms with Crippen LogP contribution >= 0.6 is 0 Å². The van der Waals surface area contributed by atoms with Crippen molar-refractivity contribution in [2.24, 2.45) is 5.84 Å². The van der Waals surface area contributed by atoms with Gasteiger partial charge >= 0.3 is 0 Å². The molecular formula is C16H18N4O. The minimum atomic E-state index is -0.176. The van der Waals surface area contributed by atoms with Crippen molar-refractivity contribution in [1.29, 1.82) is 0 Å². The number of nitrogens with zero attached hydrogens (tertiary/aromatic N) is 2. The van der Waals surface area contributed by atoms with Gasteiger partial charge < -0.3 is 4.42 Å². The quantitative estimate of drug-likeness (QED) is 0.570. The van der Waals surface area contributed by atoms with Gasteiger partial charge in [-0.1, -0.05) is 18.2 Å². The molecule has 108 valence electrons. The number of hydrogen-bond donors (Lipinski definition) is 2. The Morgan fingerprint density at radius 1 is 1.19 bits per heavy atom. The lowest BCUT2D eigenvalue weighted by molar-refractivity contribution is 0.492. The number of aromatic nitrogens is 2. The summed E-state index contributed by atoms with van der Waals surface area (Å²) in [4.78, 5) is 0. The topological polar surface area (TPSA) is 69.0 Å². The highest BCUT2D eigenvalue weighted by atomic mass is 16.3. The normalized spacial score (nSPS) is 12.5. The second-order valence-electron chi connectivity index (χ2n) is 4.97. The van der Waals surface area contributed by atoms with Crippen molar-refractivity contribution in [2.75, 3.05) is 0 Å². The molecular weight excluding hydrogens is 264 g/mol. The zero-order valence-corrected chi connectivity index (χ0v) is 12.1. The zero-order valence-electron chi connectivity index (χ0n) is 12.1. The molecule has 1 aromatic carbocycles. The first-order valence-corrected chi connectivity index (χ1v) is 6.83. The van der Waals surface area contributed by atoms with Crippen molar-refractivity contribution in [1.82, 2.24) is 15.2 Å². The maximum Gasteiger partial charge on any atom is 0.106 e. The van der Waals surface area contributed by atoms with Crippen molar-refractivity contribution < 1.29 is 4.42 Å². The van der Waals surface area contributed by atoms with Crippen LogP contribution in [0.25, 0.3) is 5.69 Å². The molecule has 21 heavy (non-hydrogen) atoms. The first kappa shape index (κ1) is 13.6. The molecule has 0 saturated heterocycles. The Labute approximate surface area is 123 Å². The standard InChI is InChI=1S/C16H18N4O/c1-11-10-14(12(2)21-11)16(19-17)15-8-9-18-20(15)13-6-4-3-5-7-13/h3-10,16,19H,17H2,1-2H3. The fourth-order valence-electron chi connectivity index (χ4n) is 2.59. The summed E-state index contributed by atoms with van der Waals surface area (Å²) in [6.07, 6.45) is 1.77. The van der Waals surface area contributed by atoms with Gasteiger partial charge in [0.15, 0.2) is 0 Å². The Morgan fingerprint density at radius 2 is 1.95 bits per heavy atom. The molecule has 0 spiro atoms. The van der Waals surface area contributed by atoms with E-state index in [2.05, 4.69) is 10.5 Å². The largest absolute Gasteiger partial charge is 0.466 e. The van der Waals surface area contributed by atoms with E-state index in [4.69, 9.17) is 10.3 Å². The molecule has 3 rings (SSSR count). The first-order valence-electron chi connectivity index (χ1n) is 6.83. The second-order valence-corrected chi connectivity index (χ2v) is 4.97. The highest BCUT2D eigenvalue weighted by Crippen LogP contribution is 2.28. The van der Waals surface area contributed by atoms with Crippen LogP contribution in [0.3, 0.4) is 0 Å². The molecule has 2 heterocycles. The van der Waals surface area contributed by atoms with E-state index in [1.165, 1.54) is 0 Å². The van der Waals surface area contributed by atoms with E-state index in [-0.39, 0.29) is 6.04 Å². The number of hydrogen-bond acceptors (Lipinski definition) is 4. The Bertz CT molecular complexity index is 730. The van der Waals surface area contributed by atoms with Crippen molar-refractivity contribution >= 4 is 0 Å². The smallest absolute Gasteiger partial charge is 0.106 e. The average Bonchev–Trinajstić information content (AvgIpc) is 3.09. The molecule has 5 heteroatoms. The van der Waals surface area contributed by atoms with Crippen molar-refractivity contribution in [3.05, 3.63) is 71.4 Å². The highest BCUT2D eigenvalue weighted by Gasteiger charge is 2.22. The summed E-state index contributed by atoms with van der Waals surface area (Å²) >= 11 is 0. The van der Waals surface area contributed by atoms with E-state index in [0.29, 0.717) is 0 Å². The van der Waals surface area contributed by atoms with Crippen LogP contribution in [0.15, 0.2) is 53.1 Å². The van der Waals surface area contributed by atoms with Crippen LogP contribution in [-0.4, -0.2) is 9.78 Å². The van der Waals surface area contributed by atoms with Crippen molar-refractivity contribution in [3.8, 4) is 5.69 Å². The number of aryl methyl sites for hydroxylation is 2. The van der Waals surface area contributed by atoms with Crippen LogP contribution in [-0.2, 0) is 0 Å². The Kier molecular flexibility index (Phi) is 3.60. The second kappa shape index (κ2) is 5.55. The monoisotopic (exact) mass is 282 g/mol. The summed E-state index contributed by atoms with van der Waals surface area (Å²) in [6, 6.07) is 13.8. The number of nitrogens with two attached hydrogens (primary N) is 1. The van der Waals surface area contributed by atoms with Gasteiger partial charge in [-0.3, -0.25) is 5.84 Å². The molecule has 2 aromatic heterocycles. The van der Waals surface area contributed by atoms with Gasteiger partial charge in [-0.15, -0.1) is 0 Å². The van der Waals surface area contributed by atoms with Crippen molar-refractivity contribution in [3.63, 3.8) is 0 Å². The predicted octanol–water partition coefficient (Wildman–Crippen LogP) is 2.63. The first-order chi connectivity index (χ1) is 10.2. The maximum atomic E-state index is 5.79. The molecule has 0 fully saturated rings. The third kappa shape index (κ3) is 2.49. The predicted molar refractivity (Wildman–Crippen MR) is 80.9 cm³/mol. The number of hydrazine groups is 1. The molecule has 3 aromatic rings. The van der Waals surface area contributed by atoms with Gasteiger partial charge in [0.05, 0.1) is 17.4 Å². The van der Waals surface area contributed by atoms with Crippen LogP contribution in [0.1, 0.15) is 28.8 Å². The molecule has 0 radical (unpaired) electrons. The number of benzene rings is 1. The van der Waals surface area contributed by atoms with E-state index in [1.54, 1.807) is 6.20 Å². The number of furan rings is 1. The van der Waals surface area contributed by atoms with Crippen LogP contribution in [0.2, 0.25) is 0 Å². The van der Waals surface area contributed by atoms with E-state index >= 15 is 0 Å². The molecule has 0 amide bonds. The van der Waals surface area contributed by atoms with E-state index < -0.39 is 0 Å². The number of rotatable bonds is 4. The minimum absolute atomic E-state index is 0.176. The molecule has 0 aliphatic rings. The number of para-hydroxylation sites is 1. The molecule has 0 bridgehead atoms. The summed E-state index contributed by atoms with van der Waals surface area (Å²) in [5.74, 6) is 7.51. The average molecular weight is 282 g/mol. The Morgan fingerprint density at radius 3 is 2.57 bits per heavy atom. The minimum Gasteiger partial charge on any atom is -0.466 e. The third-order valence-corrected chi connectivity index (χ3v) is 3.53. The molecule has 5 nitrogen and oxygen atoms in total. The summed E-state index contributed by atoms with van der Waals surface area (Å²) in [5, 5.41) is 4.41. The summed E-state index contributed by atoms with van der Waals surface area (Å²) in [5.41, 5.74) is 5.85. The van der Waals surface area contributed by atoms with Crippen LogP contribution in [0.4, 0.5) is 0 Å². The highest BCUT2D eigenvalue weighted by molar-refractivity contribution is 5.37. The molecule has 0 aliphatic carbocycles. The SMILES string of the molecule is Cc1cc(C(NN)c2ccnn2-c2ccccc2)c(C)o1. The Balaban J connectivity index is 2.07. The summed E-state index contributed by atoms with van der Waals surface area (Å²) in [6.45, 7) is 3.87. The summed E-state index contributed by atoms with van der Waals surface area (Å²) in [7, 11) is 0. The van der Waals surface area contributed by atoms with Crippen LogP contribution in [0, 0.1) is 13.8 Å². The van der Waals surface area contributed by atoms with Crippen LogP contribution in [0.5, 0.6) is 0 Å². The van der Waals surface area contributed by atoms with Gasteiger partial charge in [0.25, 0.3) is 0 Å². The Hall–Kier alpha value is -2.37. The fraction of sp³-hybridized carbons (Fsp3) is 0.188. The van der Waals surface area contributed by atoms with Gasteiger partial charge in [-0.25, -0.2) is 10.1 Å². The van der Waals surface area contributed by atoms with Gasteiger partial charge in [-0.05, 0) is 38.1 Å². The van der Waals surface area contributed by atoms with Gasteiger partial charge in [0.2, 0.25) is 0 Å². The maximum absolute atomic E-state index is 5.79. The van der Waals surface area contributed by atoms with E-state index in [9.17, 15) is 0 Å². The van der Waals surface area contributed by atoms with Gasteiger partial charge in [0.1, 0.15) is 11.5 Å². The zero-order chi connectivity index (χ0) is 14.8. The lowest BCUT2D eigenvalue weighted by atomic mass is 10.0. The molecule has 1 atom stereocenters. The molecule has 0 saturated carbocycles. The molecule has 0 aliphatic heterocycles. The van der Waals surface area contributed by atoms with Crippen LogP contribution < -0.4 is 11.3 Å². The lowest BCUT2D eigenvalue weighted by Gasteiger charge is -2.17. The fourth-order valence-corrected chi connectivity index (χ4v) is 2.59.